The minimum atomic E-state index is -0.554. The third kappa shape index (κ3) is 2.80. The van der Waals surface area contributed by atoms with Crippen LogP contribution in [0.1, 0.15) is 16.1 Å². The molecule has 16 heavy (non-hydrogen) atoms. The molecule has 5 heteroatoms. The van der Waals surface area contributed by atoms with E-state index in [1.807, 2.05) is 0 Å². The Morgan fingerprint density at radius 1 is 1.56 bits per heavy atom. The summed E-state index contributed by atoms with van der Waals surface area (Å²) in [6, 6.07) is 1.64. The van der Waals surface area contributed by atoms with Crippen LogP contribution >= 0.6 is 0 Å². The molecule has 1 aromatic heterocycles. The van der Waals surface area contributed by atoms with Crippen LogP contribution < -0.4 is 4.74 Å². The highest BCUT2D eigenvalue weighted by molar-refractivity contribution is 5.90. The summed E-state index contributed by atoms with van der Waals surface area (Å²) >= 11 is 0. The molecule has 0 saturated carbocycles. The lowest BCUT2D eigenvalue weighted by molar-refractivity contribution is 0.0457. The van der Waals surface area contributed by atoms with Gasteiger partial charge in [0.25, 0.3) is 0 Å². The molecule has 0 spiro atoms. The fourth-order valence-electron chi connectivity index (χ4n) is 1.05. The molecule has 86 valence electrons. The molecule has 0 atom stereocenters. The van der Waals surface area contributed by atoms with Gasteiger partial charge in [-0.1, -0.05) is 12.7 Å². The van der Waals surface area contributed by atoms with Crippen molar-refractivity contribution in [2.75, 3.05) is 21.0 Å². The number of carbonyl (C=O) groups excluding carboxylic acids is 1. The van der Waals surface area contributed by atoms with Gasteiger partial charge in [-0.05, 0) is 11.6 Å². The second kappa shape index (κ2) is 5.87. The van der Waals surface area contributed by atoms with E-state index in [1.54, 1.807) is 12.1 Å². The lowest BCUT2D eigenvalue weighted by Gasteiger charge is -2.09. The zero-order valence-electron chi connectivity index (χ0n) is 9.23. The molecule has 1 rings (SSSR count). The minimum Gasteiger partial charge on any atom is -0.465 e. The van der Waals surface area contributed by atoms with Crippen molar-refractivity contribution in [2.24, 2.45) is 0 Å². The van der Waals surface area contributed by atoms with E-state index in [4.69, 9.17) is 9.47 Å². The number of hydrogen-bond acceptors (Lipinski definition) is 5. The first-order valence-electron chi connectivity index (χ1n) is 4.55. The average Bonchev–Trinajstić information content (AvgIpc) is 2.34. The van der Waals surface area contributed by atoms with Crippen LogP contribution in [0.25, 0.3) is 6.08 Å². The molecule has 0 fully saturated rings. The van der Waals surface area contributed by atoms with Crippen molar-refractivity contribution >= 4 is 12.0 Å². The number of esters is 1. The zero-order chi connectivity index (χ0) is 12.0. The van der Waals surface area contributed by atoms with Gasteiger partial charge in [0.2, 0.25) is 0 Å². The first kappa shape index (κ1) is 12.2. The normalized spacial score (nSPS) is 9.62. The molecular formula is C11H13NO4. The van der Waals surface area contributed by atoms with Crippen molar-refractivity contribution in [2.45, 2.75) is 0 Å². The number of aromatic nitrogens is 1. The van der Waals surface area contributed by atoms with Gasteiger partial charge >= 0.3 is 5.97 Å². The number of carbonyl (C=O) groups is 1. The van der Waals surface area contributed by atoms with Gasteiger partial charge in [-0.2, -0.15) is 0 Å². The van der Waals surface area contributed by atoms with E-state index in [1.165, 1.54) is 20.4 Å². The number of rotatable bonds is 5. The topological polar surface area (TPSA) is 57.7 Å². The van der Waals surface area contributed by atoms with Crippen LogP contribution in [0.3, 0.4) is 0 Å². The van der Waals surface area contributed by atoms with Crippen molar-refractivity contribution in [3.8, 4) is 5.75 Å². The smallest absolute Gasteiger partial charge is 0.360 e. The highest BCUT2D eigenvalue weighted by Gasteiger charge is 2.15. The van der Waals surface area contributed by atoms with Gasteiger partial charge in [0.15, 0.2) is 18.2 Å². The zero-order valence-corrected chi connectivity index (χ0v) is 9.23. The second-order valence-electron chi connectivity index (χ2n) is 2.86. The van der Waals surface area contributed by atoms with E-state index in [0.29, 0.717) is 5.75 Å². The Labute approximate surface area is 93.7 Å². The maximum Gasteiger partial charge on any atom is 0.360 e. The number of methoxy groups -OCH3 is 2. The Balaban J connectivity index is 3.05. The molecule has 0 radical (unpaired) electrons. The second-order valence-corrected chi connectivity index (χ2v) is 2.86. The monoisotopic (exact) mass is 223 g/mol. The van der Waals surface area contributed by atoms with Gasteiger partial charge < -0.3 is 14.2 Å². The Morgan fingerprint density at radius 2 is 2.31 bits per heavy atom. The standard InChI is InChI=1S/C11H13NO4/c1-4-8-5-9(16-7-14-2)10(12-6-8)11(13)15-3/h4-6H,1,7H2,2-3H3. The summed E-state index contributed by atoms with van der Waals surface area (Å²) in [6.07, 6.45) is 3.12. The van der Waals surface area contributed by atoms with Crippen molar-refractivity contribution in [1.29, 1.82) is 0 Å². The van der Waals surface area contributed by atoms with E-state index >= 15 is 0 Å². The summed E-state index contributed by atoms with van der Waals surface area (Å²) in [7, 11) is 2.77. The largest absolute Gasteiger partial charge is 0.465 e. The van der Waals surface area contributed by atoms with Gasteiger partial charge in [0.1, 0.15) is 0 Å². The number of nitrogens with zero attached hydrogens (tertiary/aromatic N) is 1. The Kier molecular flexibility index (Phi) is 4.47. The van der Waals surface area contributed by atoms with Gasteiger partial charge in [-0.25, -0.2) is 9.78 Å². The summed E-state index contributed by atoms with van der Waals surface area (Å²) in [5, 5.41) is 0. The van der Waals surface area contributed by atoms with Gasteiger partial charge in [0, 0.05) is 13.3 Å². The molecule has 0 aliphatic rings. The predicted octanol–water partition coefficient (Wildman–Crippen LogP) is 1.49. The third-order valence-corrected chi connectivity index (χ3v) is 1.82. The molecule has 0 bridgehead atoms. The number of pyridine rings is 1. The van der Waals surface area contributed by atoms with Gasteiger partial charge in [0.05, 0.1) is 7.11 Å². The number of hydrogen-bond donors (Lipinski definition) is 0. The van der Waals surface area contributed by atoms with Crippen LogP contribution in [-0.4, -0.2) is 32.0 Å². The van der Waals surface area contributed by atoms with Crippen molar-refractivity contribution in [1.82, 2.24) is 4.98 Å². The van der Waals surface area contributed by atoms with Gasteiger partial charge in [-0.3, -0.25) is 0 Å². The van der Waals surface area contributed by atoms with Crippen LogP contribution in [0.15, 0.2) is 18.8 Å². The molecular weight excluding hydrogens is 210 g/mol. The molecule has 1 aromatic rings. The Bertz CT molecular complexity index is 390. The first-order chi connectivity index (χ1) is 7.72. The van der Waals surface area contributed by atoms with Crippen LogP contribution in [0.2, 0.25) is 0 Å². The summed E-state index contributed by atoms with van der Waals surface area (Å²) < 4.78 is 14.6. The van der Waals surface area contributed by atoms with E-state index in [0.717, 1.165) is 5.56 Å². The third-order valence-electron chi connectivity index (χ3n) is 1.82. The van der Waals surface area contributed by atoms with Crippen LogP contribution in [0, 0.1) is 0 Å². The number of ether oxygens (including phenoxy) is 3. The van der Waals surface area contributed by atoms with E-state index < -0.39 is 5.97 Å². The minimum absolute atomic E-state index is 0.0340. The van der Waals surface area contributed by atoms with Crippen molar-refractivity contribution in [3.05, 3.63) is 30.1 Å². The quantitative estimate of drug-likeness (QED) is 0.559. The summed E-state index contributed by atoms with van der Waals surface area (Å²) in [4.78, 5) is 15.3. The summed E-state index contributed by atoms with van der Waals surface area (Å²) in [6.45, 7) is 3.64. The first-order valence-corrected chi connectivity index (χ1v) is 4.55. The van der Waals surface area contributed by atoms with E-state index in [2.05, 4.69) is 16.3 Å². The van der Waals surface area contributed by atoms with Gasteiger partial charge in [-0.15, -0.1) is 0 Å². The van der Waals surface area contributed by atoms with Crippen LogP contribution in [0.5, 0.6) is 5.75 Å². The average molecular weight is 223 g/mol. The Hall–Kier alpha value is -1.88. The summed E-state index contributed by atoms with van der Waals surface area (Å²) in [5.41, 5.74) is 0.865. The van der Waals surface area contributed by atoms with Crippen molar-refractivity contribution < 1.29 is 19.0 Å². The highest BCUT2D eigenvalue weighted by atomic mass is 16.7. The summed E-state index contributed by atoms with van der Waals surface area (Å²) in [5.74, 6) is -0.243. The molecule has 0 aliphatic carbocycles. The Morgan fingerprint density at radius 3 is 2.88 bits per heavy atom. The van der Waals surface area contributed by atoms with Crippen LogP contribution in [0.4, 0.5) is 0 Å². The molecule has 0 aliphatic heterocycles. The molecule has 5 nitrogen and oxygen atoms in total. The fourth-order valence-corrected chi connectivity index (χ4v) is 1.05. The lowest BCUT2D eigenvalue weighted by atomic mass is 10.2. The maximum atomic E-state index is 11.4. The predicted molar refractivity (Wildman–Crippen MR) is 58.2 cm³/mol. The highest BCUT2D eigenvalue weighted by Crippen LogP contribution is 2.19. The maximum absolute atomic E-state index is 11.4. The molecule has 1 heterocycles. The molecule has 0 aromatic carbocycles. The molecule has 0 unspecified atom stereocenters. The lowest BCUT2D eigenvalue weighted by Crippen LogP contribution is -2.09. The molecule has 0 amide bonds. The van der Waals surface area contributed by atoms with Crippen LogP contribution in [-0.2, 0) is 9.47 Å². The van der Waals surface area contributed by atoms with E-state index in [9.17, 15) is 4.79 Å². The molecule has 0 saturated heterocycles. The van der Waals surface area contributed by atoms with E-state index in [-0.39, 0.29) is 12.5 Å². The van der Waals surface area contributed by atoms with Crippen molar-refractivity contribution in [3.63, 3.8) is 0 Å². The fraction of sp³-hybridized carbons (Fsp3) is 0.273. The SMILES string of the molecule is C=Cc1cnc(C(=O)OC)c(OCOC)c1. The molecule has 0 N–H and O–H groups in total.